The predicted molar refractivity (Wildman–Crippen MR) is 161 cm³/mol. The van der Waals surface area contributed by atoms with Crippen molar-refractivity contribution in [3.63, 3.8) is 0 Å². The second kappa shape index (κ2) is 11.4. The second-order valence-electron chi connectivity index (χ2n) is 10.2. The van der Waals surface area contributed by atoms with Gasteiger partial charge in [0, 0.05) is 41.9 Å². The van der Waals surface area contributed by atoms with Gasteiger partial charge < -0.3 is 20.1 Å². The van der Waals surface area contributed by atoms with E-state index in [4.69, 9.17) is 12.2 Å². The molecule has 39 heavy (non-hydrogen) atoms. The number of benzene rings is 2. The molecule has 5 rings (SSSR count). The number of thiocarbonyl (C=S) groups is 1. The summed E-state index contributed by atoms with van der Waals surface area (Å²) in [5.41, 5.74) is 8.78. The van der Waals surface area contributed by atoms with Crippen LogP contribution in [-0.4, -0.2) is 32.0 Å². The minimum Gasteiger partial charge on any atom is -0.352 e. The molecule has 2 unspecified atom stereocenters. The quantitative estimate of drug-likeness (QED) is 0.256. The maximum atomic E-state index is 12.9. The maximum absolute atomic E-state index is 12.9. The molecule has 7 heteroatoms. The molecular formula is C32H35N5OS. The minimum atomic E-state index is -0.130. The van der Waals surface area contributed by atoms with Gasteiger partial charge >= 0.3 is 0 Å². The number of rotatable bonds is 8. The monoisotopic (exact) mass is 537 g/mol. The summed E-state index contributed by atoms with van der Waals surface area (Å²) in [5.74, 6) is -0.0371. The van der Waals surface area contributed by atoms with E-state index in [9.17, 15) is 4.79 Å². The molecule has 200 valence electrons. The van der Waals surface area contributed by atoms with Crippen molar-refractivity contribution in [3.8, 4) is 5.69 Å². The molecule has 1 aliphatic rings. The highest BCUT2D eigenvalue weighted by atomic mass is 32.1. The third kappa shape index (κ3) is 5.59. The number of pyridine rings is 1. The molecule has 2 aromatic heterocycles. The van der Waals surface area contributed by atoms with E-state index in [0.29, 0.717) is 18.1 Å². The first-order chi connectivity index (χ1) is 18.9. The summed E-state index contributed by atoms with van der Waals surface area (Å²) in [6.45, 7) is 8.98. The summed E-state index contributed by atoms with van der Waals surface area (Å²) in [5, 5.41) is 7.18. The molecule has 0 radical (unpaired) electrons. The Hall–Kier alpha value is -3.97. The van der Waals surface area contributed by atoms with Gasteiger partial charge in [-0.15, -0.1) is 0 Å². The molecule has 4 aromatic rings. The van der Waals surface area contributed by atoms with Gasteiger partial charge in [-0.25, -0.2) is 0 Å². The van der Waals surface area contributed by atoms with Crippen molar-refractivity contribution in [2.45, 2.75) is 52.6 Å². The van der Waals surface area contributed by atoms with Crippen LogP contribution < -0.4 is 10.6 Å². The molecule has 1 saturated heterocycles. The number of carbonyl (C=O) groups excluding carboxylic acids is 1. The summed E-state index contributed by atoms with van der Waals surface area (Å²) in [6.07, 6.45) is 3.14. The van der Waals surface area contributed by atoms with Crippen LogP contribution in [-0.2, 0) is 11.2 Å². The molecule has 0 aliphatic carbocycles. The van der Waals surface area contributed by atoms with Crippen LogP contribution in [0.2, 0.25) is 0 Å². The van der Waals surface area contributed by atoms with E-state index in [0.717, 1.165) is 40.4 Å². The number of nitrogens with one attached hydrogen (secondary N) is 2. The van der Waals surface area contributed by atoms with Gasteiger partial charge in [-0.3, -0.25) is 9.78 Å². The van der Waals surface area contributed by atoms with Crippen LogP contribution in [0.3, 0.4) is 0 Å². The van der Waals surface area contributed by atoms with Gasteiger partial charge in [0.25, 0.3) is 0 Å². The van der Waals surface area contributed by atoms with Gasteiger partial charge in [0.05, 0.1) is 17.8 Å². The number of amides is 1. The van der Waals surface area contributed by atoms with Crippen LogP contribution in [0.5, 0.6) is 0 Å². The Morgan fingerprint density at radius 1 is 1.03 bits per heavy atom. The average molecular weight is 538 g/mol. The van der Waals surface area contributed by atoms with Crippen LogP contribution in [0.4, 0.5) is 5.69 Å². The number of aryl methyl sites for hydroxylation is 3. The fourth-order valence-electron chi connectivity index (χ4n) is 5.52. The molecule has 2 aromatic carbocycles. The molecule has 1 amide bonds. The van der Waals surface area contributed by atoms with Gasteiger partial charge in [-0.1, -0.05) is 37.3 Å². The Morgan fingerprint density at radius 2 is 1.82 bits per heavy atom. The third-order valence-electron chi connectivity index (χ3n) is 7.47. The van der Waals surface area contributed by atoms with Gasteiger partial charge in [-0.05, 0) is 98.6 Å². The van der Waals surface area contributed by atoms with Crippen molar-refractivity contribution >= 4 is 28.9 Å². The van der Waals surface area contributed by atoms with E-state index in [1.807, 2.05) is 55.6 Å². The first-order valence-electron chi connectivity index (χ1n) is 13.5. The van der Waals surface area contributed by atoms with E-state index in [-0.39, 0.29) is 18.0 Å². The number of aromatic nitrogens is 2. The number of nitrogens with zero attached hydrogens (tertiary/aromatic N) is 3. The zero-order valence-corrected chi connectivity index (χ0v) is 23.8. The highest BCUT2D eigenvalue weighted by Gasteiger charge is 2.41. The van der Waals surface area contributed by atoms with Crippen LogP contribution >= 0.6 is 12.2 Å². The Labute approximate surface area is 236 Å². The zero-order valence-electron chi connectivity index (χ0n) is 22.9. The zero-order chi connectivity index (χ0) is 27.5. The number of hydrogen-bond acceptors (Lipinski definition) is 3. The lowest BCUT2D eigenvalue weighted by atomic mass is 9.96. The van der Waals surface area contributed by atoms with Crippen molar-refractivity contribution in [1.29, 1.82) is 0 Å². The van der Waals surface area contributed by atoms with Crippen LogP contribution in [0, 0.1) is 20.8 Å². The van der Waals surface area contributed by atoms with Gasteiger partial charge in [0.15, 0.2) is 5.11 Å². The fraction of sp³-hybridized carbons (Fsp3) is 0.281. The number of hydrogen-bond donors (Lipinski definition) is 2. The van der Waals surface area contributed by atoms with Crippen LogP contribution in [0.25, 0.3) is 5.69 Å². The predicted octanol–water partition coefficient (Wildman–Crippen LogP) is 6.36. The molecule has 6 nitrogen and oxygen atoms in total. The molecule has 0 spiro atoms. The minimum absolute atomic E-state index is 0.0371. The van der Waals surface area contributed by atoms with Crippen LogP contribution in [0.15, 0.2) is 79.0 Å². The molecule has 0 saturated carbocycles. The Balaban J connectivity index is 1.46. The van der Waals surface area contributed by atoms with E-state index in [1.165, 1.54) is 11.1 Å². The smallest absolute Gasteiger partial charge is 0.226 e. The highest BCUT2D eigenvalue weighted by Crippen LogP contribution is 2.41. The Kier molecular flexibility index (Phi) is 7.79. The second-order valence-corrected chi connectivity index (χ2v) is 10.6. The highest BCUT2D eigenvalue weighted by molar-refractivity contribution is 7.80. The normalized spacial score (nSPS) is 16.8. The lowest BCUT2D eigenvalue weighted by molar-refractivity contribution is -0.116. The van der Waals surface area contributed by atoms with Crippen molar-refractivity contribution in [3.05, 3.63) is 113 Å². The Bertz CT molecular complexity index is 1480. The van der Waals surface area contributed by atoms with Gasteiger partial charge in [0.2, 0.25) is 5.91 Å². The molecule has 1 aliphatic heterocycles. The van der Waals surface area contributed by atoms with E-state index >= 15 is 0 Å². The summed E-state index contributed by atoms with van der Waals surface area (Å²) >= 11 is 5.85. The molecule has 1 fully saturated rings. The van der Waals surface area contributed by atoms with Gasteiger partial charge in [-0.2, -0.15) is 0 Å². The molecule has 2 N–H and O–H groups in total. The molecular weight excluding hydrogens is 502 g/mol. The van der Waals surface area contributed by atoms with Crippen molar-refractivity contribution in [2.24, 2.45) is 0 Å². The van der Waals surface area contributed by atoms with Crippen molar-refractivity contribution in [2.75, 3.05) is 11.9 Å². The third-order valence-corrected chi connectivity index (χ3v) is 7.82. The van der Waals surface area contributed by atoms with E-state index in [2.05, 4.69) is 76.2 Å². The van der Waals surface area contributed by atoms with E-state index < -0.39 is 0 Å². The summed E-state index contributed by atoms with van der Waals surface area (Å²) in [7, 11) is 0. The maximum Gasteiger partial charge on any atom is 0.226 e. The summed E-state index contributed by atoms with van der Waals surface area (Å²) < 4.78 is 2.30. The first kappa shape index (κ1) is 26.6. The summed E-state index contributed by atoms with van der Waals surface area (Å²) in [6, 6.07) is 24.6. The average Bonchev–Trinajstić information content (AvgIpc) is 3.42. The largest absolute Gasteiger partial charge is 0.352 e. The summed E-state index contributed by atoms with van der Waals surface area (Å²) in [4.78, 5) is 19.7. The lowest BCUT2D eigenvalue weighted by Gasteiger charge is -2.28. The lowest BCUT2D eigenvalue weighted by Crippen LogP contribution is -2.32. The number of carbonyl (C=O) groups is 1. The fourth-order valence-corrected chi connectivity index (χ4v) is 5.85. The van der Waals surface area contributed by atoms with Crippen LogP contribution in [0.1, 0.15) is 59.2 Å². The van der Waals surface area contributed by atoms with E-state index in [1.54, 1.807) is 0 Å². The topological polar surface area (TPSA) is 62.2 Å². The van der Waals surface area contributed by atoms with Gasteiger partial charge in [0.1, 0.15) is 0 Å². The number of anilines is 1. The Morgan fingerprint density at radius 3 is 2.51 bits per heavy atom. The van der Waals surface area contributed by atoms with Crippen molar-refractivity contribution in [1.82, 2.24) is 19.8 Å². The SMILES string of the molecule is CCc1ccc(-n2c(C)cc(C3C(c4ccccn4)NC(=S)N3CCC(=O)Nc3cccc(C)c3)c2C)cc1. The molecule has 3 heterocycles. The van der Waals surface area contributed by atoms with Crippen molar-refractivity contribution < 1.29 is 4.79 Å². The molecule has 2 atom stereocenters. The standard InChI is InChI=1S/C32H35N5OS/c1-5-24-12-14-26(15-13-24)37-22(3)20-27(23(37)4)31-30(28-11-6-7-17-33-28)35-32(39)36(31)18-16-29(38)34-25-10-8-9-21(2)19-25/h6-15,17,19-20,30-31H,5,16,18H2,1-4H3,(H,34,38)(H,35,39). The molecule has 0 bridgehead atoms. The first-order valence-corrected chi connectivity index (χ1v) is 13.9.